The highest BCUT2D eigenvalue weighted by Gasteiger charge is 2.50. The molecule has 402 valence electrons. The summed E-state index contributed by atoms with van der Waals surface area (Å²) in [5.41, 5.74) is 4.00. The first-order valence-electron chi connectivity index (χ1n) is 26.3. The van der Waals surface area contributed by atoms with Gasteiger partial charge in [0.1, 0.15) is 34.4 Å². The Morgan fingerprint density at radius 2 is 1.75 bits per heavy atom. The predicted octanol–water partition coefficient (Wildman–Crippen LogP) is 11.0. The van der Waals surface area contributed by atoms with E-state index in [1.807, 2.05) is 12.1 Å². The Kier molecular flexibility index (Phi) is 15.1. The number of ether oxygens (including phenoxy) is 2. The number of amides is 1. The first-order chi connectivity index (χ1) is 36.4. The molecule has 16 nitrogen and oxygen atoms in total. The maximum atomic E-state index is 14.7. The average molecular weight is 1080 g/mol. The Hall–Kier alpha value is -6.31. The highest BCUT2D eigenvalue weighted by molar-refractivity contribution is 7.90. The van der Waals surface area contributed by atoms with E-state index in [-0.39, 0.29) is 45.5 Å². The van der Waals surface area contributed by atoms with Crippen LogP contribution in [0.3, 0.4) is 0 Å². The average Bonchev–Trinajstić information content (AvgIpc) is 3.82. The van der Waals surface area contributed by atoms with E-state index in [0.717, 1.165) is 89.5 Å². The summed E-state index contributed by atoms with van der Waals surface area (Å²) < 4.78 is 56.4. The third-order valence-electron chi connectivity index (χ3n) is 16.5. The van der Waals surface area contributed by atoms with Crippen molar-refractivity contribution in [2.45, 2.75) is 107 Å². The number of methoxy groups -OCH3 is 1. The number of benzene rings is 4. The number of piperazine rings is 1. The normalized spacial score (nSPS) is 21.4. The van der Waals surface area contributed by atoms with Crippen LogP contribution >= 0.6 is 11.6 Å². The molecule has 4 aliphatic rings. The molecule has 2 saturated carbocycles. The molecule has 1 spiro atoms. The summed E-state index contributed by atoms with van der Waals surface area (Å²) in [6.07, 6.45) is 9.40. The number of aromatic amines is 1. The summed E-state index contributed by atoms with van der Waals surface area (Å²) in [6, 6.07) is 25.4. The van der Waals surface area contributed by atoms with E-state index >= 15 is 0 Å². The summed E-state index contributed by atoms with van der Waals surface area (Å²) in [7, 11) is -3.00. The van der Waals surface area contributed by atoms with Crippen LogP contribution in [0.25, 0.3) is 11.0 Å². The molecule has 1 atom stereocenters. The largest absolute Gasteiger partial charge is 0.495 e. The summed E-state index contributed by atoms with van der Waals surface area (Å²) in [5, 5.41) is 26.5. The molecule has 2 aliphatic carbocycles. The quantitative estimate of drug-likeness (QED) is 0.0528. The zero-order chi connectivity index (χ0) is 53.5. The topological polar surface area (TPSA) is 195 Å². The smallest absolute Gasteiger partial charge is 0.293 e. The van der Waals surface area contributed by atoms with E-state index < -0.39 is 42.9 Å². The van der Waals surface area contributed by atoms with Crippen LogP contribution in [0.5, 0.6) is 17.2 Å². The number of hydrogen-bond donors (Lipinski definition) is 4. The molecule has 0 unspecified atom stereocenters. The van der Waals surface area contributed by atoms with Gasteiger partial charge in [-0.1, -0.05) is 55.8 Å². The van der Waals surface area contributed by atoms with Crippen LogP contribution in [-0.2, 0) is 16.6 Å². The number of anilines is 2. The molecule has 10 rings (SSSR count). The van der Waals surface area contributed by atoms with E-state index in [4.69, 9.17) is 21.1 Å². The SMILES string of the molecule is COc1cc(CN2CCN(C3CC4(CCN(c5ccc(C(=O)NS(=O)(=O)c6ccc(NCC7CCC(C)(O)CC7)c([N+](=O)[O-])c6)c(Oc6cnc7[nH]cc(F)c7c6)c5)CC4)C3)[C@H](c3ccccc3C(C)C)C2)ccc1Cl. The van der Waals surface area contributed by atoms with Gasteiger partial charge >= 0.3 is 0 Å². The molecule has 4 heterocycles. The monoisotopic (exact) mass is 1080 g/mol. The molecule has 76 heavy (non-hydrogen) atoms. The Bertz CT molecular complexity index is 3240. The van der Waals surface area contributed by atoms with Gasteiger partial charge in [-0.2, -0.15) is 0 Å². The minimum Gasteiger partial charge on any atom is -0.495 e. The van der Waals surface area contributed by atoms with Crippen LogP contribution in [0.2, 0.25) is 5.02 Å². The van der Waals surface area contributed by atoms with Gasteiger partial charge < -0.3 is 29.8 Å². The van der Waals surface area contributed by atoms with Crippen molar-refractivity contribution in [2.75, 3.05) is 56.6 Å². The first-order valence-corrected chi connectivity index (χ1v) is 28.1. The molecule has 2 saturated heterocycles. The lowest BCUT2D eigenvalue weighted by Gasteiger charge is -2.58. The van der Waals surface area contributed by atoms with Crippen LogP contribution in [-0.4, -0.2) is 102 Å². The van der Waals surface area contributed by atoms with Gasteiger partial charge in [0.25, 0.3) is 21.6 Å². The van der Waals surface area contributed by atoms with Crippen LogP contribution in [0.4, 0.5) is 21.5 Å². The Morgan fingerprint density at radius 3 is 2.49 bits per heavy atom. The molecule has 0 radical (unpaired) electrons. The number of nitro groups is 1. The molecule has 4 fully saturated rings. The molecule has 1 amide bonds. The first kappa shape index (κ1) is 53.1. The number of nitrogens with zero attached hydrogens (tertiary/aromatic N) is 5. The van der Waals surface area contributed by atoms with Crippen LogP contribution in [0.15, 0.2) is 102 Å². The molecular formula is C57H66ClFN8O8S. The predicted molar refractivity (Wildman–Crippen MR) is 292 cm³/mol. The van der Waals surface area contributed by atoms with Gasteiger partial charge in [-0.25, -0.2) is 22.5 Å². The fraction of sp³-hybridized carbons (Fsp3) is 0.439. The molecule has 0 bridgehead atoms. The molecule has 19 heteroatoms. The number of halogens is 2. The van der Waals surface area contributed by atoms with Gasteiger partial charge in [-0.3, -0.25) is 24.7 Å². The molecule has 6 aromatic rings. The van der Waals surface area contributed by atoms with Crippen LogP contribution in [0.1, 0.15) is 111 Å². The van der Waals surface area contributed by atoms with Gasteiger partial charge in [-0.05, 0) is 135 Å². The number of aliphatic hydroxyl groups is 1. The van der Waals surface area contributed by atoms with Crippen molar-refractivity contribution in [3.8, 4) is 17.2 Å². The summed E-state index contributed by atoms with van der Waals surface area (Å²) >= 11 is 6.39. The van der Waals surface area contributed by atoms with E-state index in [1.54, 1.807) is 26.2 Å². The van der Waals surface area contributed by atoms with Crippen molar-refractivity contribution in [2.24, 2.45) is 11.3 Å². The maximum absolute atomic E-state index is 14.7. The summed E-state index contributed by atoms with van der Waals surface area (Å²) in [6.45, 7) is 11.8. The molecule has 4 aromatic carbocycles. The third kappa shape index (κ3) is 11.4. The van der Waals surface area contributed by atoms with Gasteiger partial charge in [0, 0.05) is 81.9 Å². The third-order valence-corrected chi connectivity index (χ3v) is 18.1. The maximum Gasteiger partial charge on any atom is 0.293 e. The zero-order valence-corrected chi connectivity index (χ0v) is 44.9. The Balaban J connectivity index is 0.839. The van der Waals surface area contributed by atoms with Crippen molar-refractivity contribution in [3.05, 3.63) is 141 Å². The highest BCUT2D eigenvalue weighted by Crippen LogP contribution is 2.53. The van der Waals surface area contributed by atoms with Crippen molar-refractivity contribution in [1.82, 2.24) is 24.5 Å². The van der Waals surface area contributed by atoms with Crippen molar-refractivity contribution < 1.29 is 37.1 Å². The van der Waals surface area contributed by atoms with E-state index in [2.05, 4.69) is 78.9 Å². The number of rotatable bonds is 16. The molecule has 2 aliphatic heterocycles. The minimum absolute atomic E-state index is 0.0168. The van der Waals surface area contributed by atoms with Crippen molar-refractivity contribution in [3.63, 3.8) is 0 Å². The van der Waals surface area contributed by atoms with E-state index in [1.165, 1.54) is 53.3 Å². The molecule has 2 aromatic heterocycles. The number of hydrogen-bond acceptors (Lipinski definition) is 13. The number of fused-ring (bicyclic) bond motifs is 1. The minimum atomic E-state index is -4.65. The highest BCUT2D eigenvalue weighted by atomic mass is 35.5. The lowest BCUT2D eigenvalue weighted by atomic mass is 9.59. The number of piperidine rings is 1. The van der Waals surface area contributed by atoms with Gasteiger partial charge in [0.2, 0.25) is 0 Å². The fourth-order valence-corrected chi connectivity index (χ4v) is 13.2. The number of carbonyl (C=O) groups excluding carboxylic acids is 1. The second-order valence-electron chi connectivity index (χ2n) is 22.0. The Morgan fingerprint density at radius 1 is 0.987 bits per heavy atom. The fourth-order valence-electron chi connectivity index (χ4n) is 12.0. The number of aromatic nitrogens is 2. The Labute approximate surface area is 448 Å². The molecule has 4 N–H and O–H groups in total. The number of nitrogens with one attached hydrogen (secondary N) is 3. The second kappa shape index (κ2) is 21.6. The van der Waals surface area contributed by atoms with Crippen molar-refractivity contribution >= 4 is 55.6 Å². The number of nitro benzene ring substituents is 1. The second-order valence-corrected chi connectivity index (χ2v) is 24.1. The summed E-state index contributed by atoms with van der Waals surface area (Å²) in [4.78, 5) is 39.8. The van der Waals surface area contributed by atoms with Crippen molar-refractivity contribution in [1.29, 1.82) is 0 Å². The number of H-pyrrole nitrogens is 1. The van der Waals surface area contributed by atoms with E-state index in [9.17, 15) is 32.8 Å². The van der Waals surface area contributed by atoms with Crippen LogP contribution in [0, 0.1) is 27.3 Å². The standard InChI is InChI=1S/C57H66ClFN8O8S/c1-36(2)43-7-5-6-8-44(43)51-35-64(34-38-9-13-47(58)53(25-38)74-4)23-24-66(51)40-29-57(30-40)19-21-65(22-20-57)39-10-12-45(52(26-39)75-41-27-46-48(59)33-62-54(46)61-32-41)55(68)63-76(72,73)42-11-14-49(50(28-42)67(70)71)60-31-37-15-17-56(3,69)18-16-37/h5-14,25-28,32-33,36-37,40,51,60,69H,15-24,29-31,34-35H2,1-4H3,(H,61,62)(H,63,68)/t37?,51-,56?/m0/s1. The van der Waals surface area contributed by atoms with E-state index in [0.29, 0.717) is 47.8 Å². The van der Waals surface area contributed by atoms with Gasteiger partial charge in [0.15, 0.2) is 0 Å². The zero-order valence-electron chi connectivity index (χ0n) is 43.4. The lowest BCUT2D eigenvalue weighted by Crippen LogP contribution is -2.60. The lowest BCUT2D eigenvalue weighted by molar-refractivity contribution is -0.384. The number of sulfonamides is 1. The van der Waals surface area contributed by atoms with Gasteiger partial charge in [0.05, 0.1) is 44.7 Å². The van der Waals surface area contributed by atoms with Gasteiger partial charge in [-0.15, -0.1) is 0 Å². The summed E-state index contributed by atoms with van der Waals surface area (Å²) in [5.74, 6) is -0.193. The number of pyridine rings is 1. The number of carbonyl (C=O) groups is 1. The van der Waals surface area contributed by atoms with Crippen LogP contribution < -0.4 is 24.4 Å². The molecular weight excluding hydrogens is 1010 g/mol.